The molecule has 1 atom stereocenters. The molecule has 9 heteroatoms. The largest absolute Gasteiger partial charge is 0.313 e. The van der Waals surface area contributed by atoms with Crippen molar-refractivity contribution in [3.05, 3.63) is 59.1 Å². The summed E-state index contributed by atoms with van der Waals surface area (Å²) >= 11 is 5.99. The number of hydrogen-bond acceptors (Lipinski definition) is 4. The Morgan fingerprint density at radius 3 is 2.83 bits per heavy atom. The molecule has 0 saturated carbocycles. The number of pyridine rings is 1. The van der Waals surface area contributed by atoms with Crippen LogP contribution in [0.3, 0.4) is 0 Å². The van der Waals surface area contributed by atoms with Gasteiger partial charge in [0.1, 0.15) is 10.7 Å². The molecule has 1 N–H and O–H groups in total. The van der Waals surface area contributed by atoms with E-state index in [0.29, 0.717) is 13.1 Å². The smallest absolute Gasteiger partial charge is 0.245 e. The summed E-state index contributed by atoms with van der Waals surface area (Å²) in [5.74, 6) is -0.638. The standard InChI is InChI=1S/C15H15ClFN3O2S.ClH/c16-13-4-3-12(17)8-15(13)23(21,22)20-7-6-19-10-14(20)11-2-1-5-18-9-11;/h1-5,8-9,14,19H,6-7,10H2;1H. The number of nitrogens with one attached hydrogen (secondary N) is 1. The fourth-order valence-corrected chi connectivity index (χ4v) is 4.73. The SMILES string of the molecule is Cl.O=S(=O)(c1cc(F)ccc1Cl)N1CCNCC1c1cccnc1. The number of hydrogen-bond donors (Lipinski definition) is 1. The quantitative estimate of drug-likeness (QED) is 0.873. The Balaban J connectivity index is 0.00000208. The van der Waals surface area contributed by atoms with E-state index in [4.69, 9.17) is 11.6 Å². The highest BCUT2D eigenvalue weighted by Gasteiger charge is 2.35. The summed E-state index contributed by atoms with van der Waals surface area (Å²) in [6.07, 6.45) is 3.26. The topological polar surface area (TPSA) is 62.3 Å². The van der Waals surface area contributed by atoms with Gasteiger partial charge in [0.15, 0.2) is 0 Å². The predicted octanol–water partition coefficient (Wildman–Crippen LogP) is 2.63. The van der Waals surface area contributed by atoms with Gasteiger partial charge in [-0.05, 0) is 29.8 Å². The Kier molecular flexibility index (Phi) is 6.17. The Labute approximate surface area is 151 Å². The van der Waals surface area contributed by atoms with E-state index in [1.54, 1.807) is 18.5 Å². The van der Waals surface area contributed by atoms with Gasteiger partial charge in [0.25, 0.3) is 0 Å². The molecular formula is C15H16Cl2FN3O2S. The number of nitrogens with zero attached hydrogens (tertiary/aromatic N) is 2. The lowest BCUT2D eigenvalue weighted by Gasteiger charge is -2.35. The average molecular weight is 392 g/mol. The summed E-state index contributed by atoms with van der Waals surface area (Å²) in [6.45, 7) is 1.25. The molecule has 1 aliphatic heterocycles. The summed E-state index contributed by atoms with van der Waals surface area (Å²) in [7, 11) is -3.92. The van der Waals surface area contributed by atoms with Crippen molar-refractivity contribution >= 4 is 34.0 Å². The molecular weight excluding hydrogens is 376 g/mol. The highest BCUT2D eigenvalue weighted by molar-refractivity contribution is 7.89. The van der Waals surface area contributed by atoms with Crippen LogP contribution in [0.15, 0.2) is 47.6 Å². The lowest BCUT2D eigenvalue weighted by molar-refractivity contribution is 0.271. The third-order valence-corrected chi connectivity index (χ3v) is 6.13. The molecule has 0 spiro atoms. The molecule has 3 rings (SSSR count). The second-order valence-electron chi connectivity index (χ2n) is 5.20. The highest BCUT2D eigenvalue weighted by Crippen LogP contribution is 2.32. The van der Waals surface area contributed by atoms with Crippen molar-refractivity contribution in [1.29, 1.82) is 0 Å². The van der Waals surface area contributed by atoms with Gasteiger partial charge in [0.05, 0.1) is 11.1 Å². The highest BCUT2D eigenvalue weighted by atomic mass is 35.5. The van der Waals surface area contributed by atoms with Crippen molar-refractivity contribution in [3.63, 3.8) is 0 Å². The van der Waals surface area contributed by atoms with Crippen molar-refractivity contribution in [2.75, 3.05) is 19.6 Å². The molecule has 0 amide bonds. The minimum atomic E-state index is -3.92. The predicted molar refractivity (Wildman–Crippen MR) is 92.4 cm³/mol. The molecule has 0 aliphatic carbocycles. The molecule has 2 heterocycles. The minimum Gasteiger partial charge on any atom is -0.313 e. The molecule has 24 heavy (non-hydrogen) atoms. The van der Waals surface area contributed by atoms with Crippen molar-refractivity contribution in [3.8, 4) is 0 Å². The van der Waals surface area contributed by atoms with Gasteiger partial charge in [0.2, 0.25) is 10.0 Å². The molecule has 1 aromatic heterocycles. The average Bonchev–Trinajstić information content (AvgIpc) is 2.58. The van der Waals surface area contributed by atoms with E-state index in [1.807, 2.05) is 6.07 Å². The lowest BCUT2D eigenvalue weighted by atomic mass is 10.1. The Bertz CT molecular complexity index is 806. The molecule has 1 unspecified atom stereocenters. The number of rotatable bonds is 3. The van der Waals surface area contributed by atoms with E-state index >= 15 is 0 Å². The number of sulfonamides is 1. The lowest BCUT2D eigenvalue weighted by Crippen LogP contribution is -2.48. The Hall–Kier alpha value is -1.25. The van der Waals surface area contributed by atoms with Crippen LogP contribution in [-0.4, -0.2) is 37.3 Å². The van der Waals surface area contributed by atoms with Gasteiger partial charge in [-0.15, -0.1) is 12.4 Å². The van der Waals surface area contributed by atoms with Gasteiger partial charge in [-0.25, -0.2) is 12.8 Å². The van der Waals surface area contributed by atoms with Gasteiger partial charge >= 0.3 is 0 Å². The first kappa shape index (κ1) is 19.1. The van der Waals surface area contributed by atoms with Gasteiger partial charge in [-0.2, -0.15) is 4.31 Å². The van der Waals surface area contributed by atoms with Crippen LogP contribution in [0.25, 0.3) is 0 Å². The van der Waals surface area contributed by atoms with E-state index in [2.05, 4.69) is 10.3 Å². The zero-order chi connectivity index (χ0) is 16.4. The number of halogens is 3. The number of aromatic nitrogens is 1. The molecule has 1 aliphatic rings. The third-order valence-electron chi connectivity index (χ3n) is 3.74. The number of benzene rings is 1. The first-order chi connectivity index (χ1) is 11.0. The third kappa shape index (κ3) is 3.70. The molecule has 5 nitrogen and oxygen atoms in total. The first-order valence-electron chi connectivity index (χ1n) is 7.07. The van der Waals surface area contributed by atoms with Gasteiger partial charge in [0, 0.05) is 32.0 Å². The van der Waals surface area contributed by atoms with Crippen molar-refractivity contribution < 1.29 is 12.8 Å². The molecule has 130 valence electrons. The fourth-order valence-electron chi connectivity index (χ4n) is 2.63. The summed E-state index contributed by atoms with van der Waals surface area (Å²) in [5.41, 5.74) is 0.774. The van der Waals surface area contributed by atoms with Crippen LogP contribution < -0.4 is 5.32 Å². The van der Waals surface area contributed by atoms with Gasteiger partial charge in [-0.1, -0.05) is 17.7 Å². The molecule has 2 aromatic rings. The van der Waals surface area contributed by atoms with Gasteiger partial charge in [-0.3, -0.25) is 4.98 Å². The maximum absolute atomic E-state index is 13.5. The minimum absolute atomic E-state index is 0. The summed E-state index contributed by atoms with van der Waals surface area (Å²) in [5, 5.41) is 3.18. The maximum atomic E-state index is 13.5. The molecule has 0 bridgehead atoms. The van der Waals surface area contributed by atoms with Crippen LogP contribution in [0.5, 0.6) is 0 Å². The Morgan fingerprint density at radius 1 is 1.33 bits per heavy atom. The summed E-state index contributed by atoms with van der Waals surface area (Å²) in [6, 6.07) is 6.51. The van der Waals surface area contributed by atoms with Crippen LogP contribution in [-0.2, 0) is 10.0 Å². The van der Waals surface area contributed by atoms with Crippen LogP contribution in [0.2, 0.25) is 5.02 Å². The van der Waals surface area contributed by atoms with Crippen LogP contribution in [0.1, 0.15) is 11.6 Å². The molecule has 1 aromatic carbocycles. The molecule has 0 radical (unpaired) electrons. The van der Waals surface area contributed by atoms with E-state index in [1.165, 1.54) is 10.4 Å². The summed E-state index contributed by atoms with van der Waals surface area (Å²) < 4.78 is 40.8. The zero-order valence-corrected chi connectivity index (χ0v) is 14.9. The molecule has 1 fully saturated rings. The van der Waals surface area contributed by atoms with Crippen LogP contribution in [0, 0.1) is 5.82 Å². The van der Waals surface area contributed by atoms with Crippen molar-refractivity contribution in [2.24, 2.45) is 0 Å². The zero-order valence-electron chi connectivity index (χ0n) is 12.5. The second-order valence-corrected chi connectivity index (χ2v) is 7.46. The monoisotopic (exact) mass is 391 g/mol. The van der Waals surface area contributed by atoms with Gasteiger partial charge < -0.3 is 5.32 Å². The normalized spacial score (nSPS) is 18.8. The second kappa shape index (κ2) is 7.76. The van der Waals surface area contributed by atoms with Crippen LogP contribution in [0.4, 0.5) is 4.39 Å². The fraction of sp³-hybridized carbons (Fsp3) is 0.267. The van der Waals surface area contributed by atoms with Crippen molar-refractivity contribution in [2.45, 2.75) is 10.9 Å². The van der Waals surface area contributed by atoms with E-state index in [9.17, 15) is 12.8 Å². The summed E-state index contributed by atoms with van der Waals surface area (Å²) in [4.78, 5) is 3.83. The number of piperazine rings is 1. The van der Waals surface area contributed by atoms with E-state index < -0.39 is 21.9 Å². The van der Waals surface area contributed by atoms with E-state index in [-0.39, 0.29) is 28.9 Å². The van der Waals surface area contributed by atoms with Crippen molar-refractivity contribution in [1.82, 2.24) is 14.6 Å². The molecule has 1 saturated heterocycles. The first-order valence-corrected chi connectivity index (χ1v) is 8.89. The Morgan fingerprint density at radius 2 is 2.12 bits per heavy atom. The van der Waals surface area contributed by atoms with Crippen LogP contribution >= 0.6 is 24.0 Å². The van der Waals surface area contributed by atoms with E-state index in [0.717, 1.165) is 17.7 Å². The maximum Gasteiger partial charge on any atom is 0.245 e.